The Labute approximate surface area is 129 Å². The van der Waals surface area contributed by atoms with Crippen molar-refractivity contribution in [1.82, 2.24) is 0 Å². The Morgan fingerprint density at radius 1 is 1.19 bits per heavy atom. The smallest absolute Gasteiger partial charge is 0.379 e. The van der Waals surface area contributed by atoms with Gasteiger partial charge in [0.1, 0.15) is 17.3 Å². The number of carbonyl (C=O) groups is 2. The third-order valence-corrected chi connectivity index (χ3v) is 4.12. The highest BCUT2D eigenvalue weighted by atomic mass is 79.9. The molecule has 0 fully saturated rings. The average Bonchev–Trinajstić information content (AvgIpc) is 2.85. The van der Waals surface area contributed by atoms with E-state index in [2.05, 4.69) is 20.7 Å². The number of aliphatic hydroxyl groups excluding tert-OH is 1. The number of hydrogen-bond donors (Lipinski definition) is 1. The maximum atomic E-state index is 11.9. The summed E-state index contributed by atoms with van der Waals surface area (Å²) in [5.74, 6) is -1.31. The number of hydrogen-bond acceptors (Lipinski definition) is 6. The van der Waals surface area contributed by atoms with Gasteiger partial charge in [-0.15, -0.1) is 0 Å². The van der Waals surface area contributed by atoms with Crippen LogP contribution in [0.15, 0.2) is 16.1 Å². The second-order valence-corrected chi connectivity index (χ2v) is 5.07. The van der Waals surface area contributed by atoms with Crippen molar-refractivity contribution in [2.75, 3.05) is 21.3 Å². The molecule has 6 nitrogen and oxygen atoms in total. The molecule has 0 aliphatic heterocycles. The van der Waals surface area contributed by atoms with Crippen LogP contribution in [0.3, 0.4) is 0 Å². The van der Waals surface area contributed by atoms with E-state index in [1.54, 1.807) is 6.07 Å². The maximum Gasteiger partial charge on any atom is 0.379 e. The minimum absolute atomic E-state index is 0.0240. The normalized spacial score (nSPS) is 13.0. The van der Waals surface area contributed by atoms with Crippen LogP contribution in [0.5, 0.6) is 11.5 Å². The second kappa shape index (κ2) is 5.77. The number of halogens is 1. The minimum atomic E-state index is -1.02. The lowest BCUT2D eigenvalue weighted by atomic mass is 10.1. The van der Waals surface area contributed by atoms with Gasteiger partial charge in [0.05, 0.1) is 36.9 Å². The van der Waals surface area contributed by atoms with Crippen LogP contribution in [-0.2, 0) is 20.7 Å². The molecule has 0 saturated carbocycles. The van der Waals surface area contributed by atoms with Crippen molar-refractivity contribution in [3.05, 3.63) is 27.2 Å². The van der Waals surface area contributed by atoms with Crippen molar-refractivity contribution in [3.63, 3.8) is 0 Å². The van der Waals surface area contributed by atoms with Gasteiger partial charge in [0.2, 0.25) is 0 Å². The summed E-state index contributed by atoms with van der Waals surface area (Å²) in [4.78, 5) is 23.3. The lowest BCUT2D eigenvalue weighted by Crippen LogP contribution is -2.18. The van der Waals surface area contributed by atoms with Gasteiger partial charge in [-0.05, 0) is 21.5 Å². The molecule has 7 heteroatoms. The fraction of sp³-hybridized carbons (Fsp3) is 0.286. The summed E-state index contributed by atoms with van der Waals surface area (Å²) in [5, 5.41) is 10.3. The molecule has 21 heavy (non-hydrogen) atoms. The third-order valence-electron chi connectivity index (χ3n) is 3.25. The first-order chi connectivity index (χ1) is 9.96. The monoisotopic (exact) mass is 356 g/mol. The summed E-state index contributed by atoms with van der Waals surface area (Å²) in [6.07, 6.45) is 0.0866. The van der Waals surface area contributed by atoms with Crippen molar-refractivity contribution >= 4 is 33.4 Å². The van der Waals surface area contributed by atoms with E-state index in [-0.39, 0.29) is 17.8 Å². The number of benzene rings is 1. The number of carbonyl (C=O) groups excluding carboxylic acids is 2. The Balaban J connectivity index is 2.59. The highest BCUT2D eigenvalue weighted by Crippen LogP contribution is 2.46. The van der Waals surface area contributed by atoms with Crippen molar-refractivity contribution < 1.29 is 28.9 Å². The molecule has 0 bridgehead atoms. The molecular weight excluding hydrogens is 344 g/mol. The van der Waals surface area contributed by atoms with Crippen LogP contribution in [0.2, 0.25) is 0 Å². The summed E-state index contributed by atoms with van der Waals surface area (Å²) in [5.41, 5.74) is 0.970. The van der Waals surface area contributed by atoms with Crippen LogP contribution < -0.4 is 9.47 Å². The van der Waals surface area contributed by atoms with E-state index >= 15 is 0 Å². The number of rotatable bonds is 4. The zero-order valence-electron chi connectivity index (χ0n) is 11.7. The Morgan fingerprint density at radius 2 is 1.81 bits per heavy atom. The Bertz CT molecular complexity index is 662. The van der Waals surface area contributed by atoms with Gasteiger partial charge in [-0.25, -0.2) is 4.79 Å². The van der Waals surface area contributed by atoms with Gasteiger partial charge in [-0.2, -0.15) is 0 Å². The molecule has 0 atom stereocenters. The fourth-order valence-electron chi connectivity index (χ4n) is 2.21. The molecule has 112 valence electrons. The molecular formula is C14H13BrO6. The number of Topliss-reactive ketones (excluding diaryl/α,β-unsaturated/α-hetero) is 1. The number of methoxy groups -OCH3 is 3. The molecule has 1 aromatic carbocycles. The van der Waals surface area contributed by atoms with Gasteiger partial charge >= 0.3 is 5.97 Å². The number of ether oxygens (including phenoxy) is 3. The van der Waals surface area contributed by atoms with Crippen LogP contribution in [0.4, 0.5) is 0 Å². The molecule has 0 heterocycles. The van der Waals surface area contributed by atoms with Crippen LogP contribution >= 0.6 is 15.9 Å². The van der Waals surface area contributed by atoms with E-state index in [0.29, 0.717) is 27.1 Å². The van der Waals surface area contributed by atoms with Crippen LogP contribution in [0.25, 0.3) is 5.76 Å². The standard InChI is InChI=1S/C14H13BrO6/c1-19-8-5-9(20-2)11(15)6-4-7(12(16)10(6)8)13(17)14(18)21-3/h5,16H,4H2,1-3H3. The first-order valence-corrected chi connectivity index (χ1v) is 6.74. The number of ketones is 1. The molecule has 0 spiro atoms. The molecule has 2 rings (SSSR count). The summed E-state index contributed by atoms with van der Waals surface area (Å²) < 4.78 is 15.4. The third kappa shape index (κ3) is 2.37. The highest BCUT2D eigenvalue weighted by molar-refractivity contribution is 9.10. The van der Waals surface area contributed by atoms with Gasteiger partial charge in [-0.1, -0.05) is 0 Å². The number of fused-ring (bicyclic) bond motifs is 1. The van der Waals surface area contributed by atoms with Gasteiger partial charge in [0, 0.05) is 12.5 Å². The summed E-state index contributed by atoms with van der Waals surface area (Å²) in [7, 11) is 4.05. The highest BCUT2D eigenvalue weighted by Gasteiger charge is 2.35. The molecule has 1 N–H and O–H groups in total. The topological polar surface area (TPSA) is 82.1 Å². The molecule has 1 aromatic rings. The fourth-order valence-corrected chi connectivity index (χ4v) is 2.83. The summed E-state index contributed by atoms with van der Waals surface area (Å²) in [6.45, 7) is 0. The zero-order chi connectivity index (χ0) is 15.7. The second-order valence-electron chi connectivity index (χ2n) is 4.27. The van der Waals surface area contributed by atoms with E-state index in [9.17, 15) is 14.7 Å². The predicted octanol–water partition coefficient (Wildman–Crippen LogP) is 2.03. The molecule has 0 unspecified atom stereocenters. The predicted molar refractivity (Wildman–Crippen MR) is 77.5 cm³/mol. The van der Waals surface area contributed by atoms with E-state index in [0.717, 1.165) is 7.11 Å². The molecule has 1 aliphatic rings. The average molecular weight is 357 g/mol. The lowest BCUT2D eigenvalue weighted by molar-refractivity contribution is -0.149. The molecule has 0 saturated heterocycles. The Kier molecular flexibility index (Phi) is 4.22. The quantitative estimate of drug-likeness (QED) is 0.656. The molecule has 1 aliphatic carbocycles. The van der Waals surface area contributed by atoms with E-state index < -0.39 is 11.8 Å². The SMILES string of the molecule is COC(=O)C(=O)C1=C(O)c2c(OC)cc(OC)c(Br)c2C1. The lowest BCUT2D eigenvalue weighted by Gasteiger charge is -2.13. The number of esters is 1. The molecule has 0 aromatic heterocycles. The van der Waals surface area contributed by atoms with E-state index in [1.807, 2.05) is 0 Å². The van der Waals surface area contributed by atoms with Gasteiger partial charge in [0.25, 0.3) is 5.78 Å². The maximum absolute atomic E-state index is 11.9. The minimum Gasteiger partial charge on any atom is -0.507 e. The van der Waals surface area contributed by atoms with Gasteiger partial charge < -0.3 is 19.3 Å². The van der Waals surface area contributed by atoms with Crippen LogP contribution in [-0.4, -0.2) is 38.2 Å². The van der Waals surface area contributed by atoms with Crippen LogP contribution in [0.1, 0.15) is 11.1 Å². The molecule has 0 radical (unpaired) electrons. The van der Waals surface area contributed by atoms with E-state index in [4.69, 9.17) is 9.47 Å². The zero-order valence-corrected chi connectivity index (χ0v) is 13.2. The van der Waals surface area contributed by atoms with Crippen molar-refractivity contribution in [2.24, 2.45) is 0 Å². The number of aliphatic hydroxyl groups is 1. The van der Waals surface area contributed by atoms with Gasteiger partial charge in [0.15, 0.2) is 0 Å². The van der Waals surface area contributed by atoms with Crippen LogP contribution in [0, 0.1) is 0 Å². The van der Waals surface area contributed by atoms with E-state index in [1.165, 1.54) is 14.2 Å². The van der Waals surface area contributed by atoms with Gasteiger partial charge in [-0.3, -0.25) is 4.79 Å². The Hall–Kier alpha value is -2.02. The first-order valence-electron chi connectivity index (χ1n) is 5.94. The largest absolute Gasteiger partial charge is 0.507 e. The van der Waals surface area contributed by atoms with Crippen molar-refractivity contribution in [3.8, 4) is 11.5 Å². The molecule has 0 amide bonds. The Morgan fingerprint density at radius 3 is 2.33 bits per heavy atom. The first kappa shape index (κ1) is 15.4. The summed E-state index contributed by atoms with van der Waals surface area (Å²) >= 11 is 3.37. The summed E-state index contributed by atoms with van der Waals surface area (Å²) in [6, 6.07) is 1.59. The van der Waals surface area contributed by atoms with Crippen molar-refractivity contribution in [1.29, 1.82) is 0 Å². The van der Waals surface area contributed by atoms with Crippen molar-refractivity contribution in [2.45, 2.75) is 6.42 Å².